The van der Waals surface area contributed by atoms with Gasteiger partial charge in [0.1, 0.15) is 17.7 Å². The molecule has 2 saturated heterocycles. The Morgan fingerprint density at radius 2 is 1.82 bits per heavy atom. The Hall–Kier alpha value is -2.07. The molecule has 0 atom stereocenters. The van der Waals surface area contributed by atoms with Gasteiger partial charge in [-0.2, -0.15) is 0 Å². The third-order valence-corrected chi connectivity index (χ3v) is 5.90. The van der Waals surface area contributed by atoms with Gasteiger partial charge in [-0.25, -0.2) is 9.38 Å². The number of guanidine groups is 1. The second-order valence-corrected chi connectivity index (χ2v) is 8.17. The summed E-state index contributed by atoms with van der Waals surface area (Å²) in [5.74, 6) is 1.61. The maximum Gasteiger partial charge on any atom is 0.194 e. The highest BCUT2D eigenvalue weighted by Gasteiger charge is 2.23. The Kier molecular flexibility index (Phi) is 10.1. The van der Waals surface area contributed by atoms with Gasteiger partial charge in [-0.15, -0.1) is 24.0 Å². The summed E-state index contributed by atoms with van der Waals surface area (Å²) in [7, 11) is 0. The number of benzene rings is 2. The average Bonchev–Trinajstić information content (AvgIpc) is 2.84. The summed E-state index contributed by atoms with van der Waals surface area (Å²) in [4.78, 5) is 9.10. The summed E-state index contributed by atoms with van der Waals surface area (Å²) >= 11 is 0. The minimum Gasteiger partial charge on any atom is -0.490 e. The van der Waals surface area contributed by atoms with Crippen molar-refractivity contribution in [1.29, 1.82) is 0 Å². The monoisotopic (exact) mass is 568 g/mol. The minimum atomic E-state index is -0.191. The molecule has 2 fully saturated rings. The fourth-order valence-electron chi connectivity index (χ4n) is 4.18. The highest BCUT2D eigenvalue weighted by molar-refractivity contribution is 14.0. The number of aliphatic imine (C=N–C) groups is 1. The number of morpholine rings is 1. The topological polar surface area (TPSA) is 49.3 Å². The van der Waals surface area contributed by atoms with Crippen LogP contribution < -0.4 is 15.0 Å². The van der Waals surface area contributed by atoms with Crippen LogP contribution in [-0.4, -0.2) is 62.9 Å². The summed E-state index contributed by atoms with van der Waals surface area (Å²) in [6, 6.07) is 15.4. The lowest BCUT2D eigenvalue weighted by atomic mass is 10.1. The molecule has 1 N–H and O–H groups in total. The van der Waals surface area contributed by atoms with Gasteiger partial charge in [-0.3, -0.25) is 0 Å². The lowest BCUT2D eigenvalue weighted by Gasteiger charge is -2.34. The van der Waals surface area contributed by atoms with Crippen LogP contribution in [0.3, 0.4) is 0 Å². The summed E-state index contributed by atoms with van der Waals surface area (Å²) < 4.78 is 26.2. The maximum absolute atomic E-state index is 14.7. The number of piperidine rings is 1. The number of para-hydroxylation sites is 1. The molecule has 6 nitrogen and oxygen atoms in total. The number of anilines is 1. The molecule has 0 bridgehead atoms. The molecule has 0 unspecified atom stereocenters. The van der Waals surface area contributed by atoms with Gasteiger partial charge in [0.25, 0.3) is 0 Å². The third-order valence-electron chi connectivity index (χ3n) is 5.90. The lowest BCUT2D eigenvalue weighted by Crippen LogP contribution is -2.47. The minimum absolute atomic E-state index is 0. The molecular weight excluding hydrogens is 534 g/mol. The Balaban J connectivity index is 0.00000306. The van der Waals surface area contributed by atoms with E-state index in [-0.39, 0.29) is 35.9 Å². The van der Waals surface area contributed by atoms with Gasteiger partial charge in [-0.05, 0) is 36.8 Å². The van der Waals surface area contributed by atoms with Crippen LogP contribution in [0.1, 0.15) is 25.3 Å². The van der Waals surface area contributed by atoms with Crippen LogP contribution in [0.2, 0.25) is 0 Å². The molecule has 0 amide bonds. The summed E-state index contributed by atoms with van der Waals surface area (Å²) in [5, 5.41) is 3.38. The number of likely N-dealkylation sites (tertiary alicyclic amines) is 1. The first kappa shape index (κ1) is 25.6. The molecule has 8 heteroatoms. The Bertz CT molecular complexity index is 885. The van der Waals surface area contributed by atoms with Crippen LogP contribution in [0.15, 0.2) is 53.5 Å². The lowest BCUT2D eigenvalue weighted by molar-refractivity contribution is 0.122. The van der Waals surface area contributed by atoms with E-state index in [1.165, 1.54) is 0 Å². The van der Waals surface area contributed by atoms with Crippen LogP contribution in [0.25, 0.3) is 0 Å². The molecule has 2 aliphatic rings. The van der Waals surface area contributed by atoms with E-state index in [0.717, 1.165) is 62.8 Å². The standard InChI is InChI=1S/C25H33FN4O2.HI/c1-2-27-25(30-12-10-22(11-13-30)32-21-6-4-3-5-7-21)28-19-20-8-9-24(23(26)18-20)29-14-16-31-17-15-29;/h3-9,18,22H,2,10-17,19H2,1H3,(H,27,28);1H. The SMILES string of the molecule is CCNC(=NCc1ccc(N2CCOCC2)c(F)c1)N1CCC(Oc2ccccc2)CC1.I. The largest absolute Gasteiger partial charge is 0.490 e. The van der Waals surface area contributed by atoms with Gasteiger partial charge in [0, 0.05) is 45.6 Å². The van der Waals surface area contributed by atoms with Gasteiger partial charge in [0.05, 0.1) is 25.4 Å². The normalized spacial score (nSPS) is 17.5. The first-order chi connectivity index (χ1) is 15.7. The Morgan fingerprint density at radius 3 is 2.48 bits per heavy atom. The van der Waals surface area contributed by atoms with Gasteiger partial charge in [0.15, 0.2) is 5.96 Å². The number of hydrogen-bond donors (Lipinski definition) is 1. The van der Waals surface area contributed by atoms with E-state index in [1.807, 2.05) is 47.4 Å². The molecule has 0 spiro atoms. The number of hydrogen-bond acceptors (Lipinski definition) is 4. The number of halogens is 2. The molecule has 2 aromatic carbocycles. The zero-order valence-corrected chi connectivity index (χ0v) is 21.5. The van der Waals surface area contributed by atoms with E-state index in [4.69, 9.17) is 14.5 Å². The summed E-state index contributed by atoms with van der Waals surface area (Å²) in [5.41, 5.74) is 1.52. The molecule has 4 rings (SSSR count). The van der Waals surface area contributed by atoms with E-state index < -0.39 is 0 Å². The van der Waals surface area contributed by atoms with Crippen LogP contribution in [0.4, 0.5) is 10.1 Å². The third kappa shape index (κ3) is 7.20. The van der Waals surface area contributed by atoms with E-state index in [2.05, 4.69) is 17.1 Å². The van der Waals surface area contributed by atoms with Gasteiger partial charge in [0.2, 0.25) is 0 Å². The smallest absolute Gasteiger partial charge is 0.194 e. The fraction of sp³-hybridized carbons (Fsp3) is 0.480. The van der Waals surface area contributed by atoms with Crippen LogP contribution in [-0.2, 0) is 11.3 Å². The molecule has 2 aliphatic heterocycles. The van der Waals surface area contributed by atoms with Crippen molar-refractivity contribution in [2.45, 2.75) is 32.4 Å². The van der Waals surface area contributed by atoms with Crippen molar-refractivity contribution < 1.29 is 13.9 Å². The Labute approximate surface area is 213 Å². The predicted molar refractivity (Wildman–Crippen MR) is 141 cm³/mol. The van der Waals surface area contributed by atoms with Crippen molar-refractivity contribution in [1.82, 2.24) is 10.2 Å². The van der Waals surface area contributed by atoms with Crippen molar-refractivity contribution in [2.75, 3.05) is 50.8 Å². The molecule has 2 heterocycles. The molecular formula is C25H34FIN4O2. The zero-order valence-electron chi connectivity index (χ0n) is 19.2. The predicted octanol–water partition coefficient (Wildman–Crippen LogP) is 4.29. The molecule has 2 aromatic rings. The number of ether oxygens (including phenoxy) is 2. The summed E-state index contributed by atoms with van der Waals surface area (Å²) in [6.07, 6.45) is 2.11. The van der Waals surface area contributed by atoms with Crippen molar-refractivity contribution in [3.05, 3.63) is 59.9 Å². The highest BCUT2D eigenvalue weighted by atomic mass is 127. The first-order valence-electron chi connectivity index (χ1n) is 11.6. The molecule has 33 heavy (non-hydrogen) atoms. The average molecular weight is 568 g/mol. The van der Waals surface area contributed by atoms with Crippen LogP contribution >= 0.6 is 24.0 Å². The molecule has 0 aliphatic carbocycles. The van der Waals surface area contributed by atoms with Crippen molar-refractivity contribution in [3.63, 3.8) is 0 Å². The van der Waals surface area contributed by atoms with Gasteiger partial charge >= 0.3 is 0 Å². The maximum atomic E-state index is 14.7. The van der Waals surface area contributed by atoms with E-state index in [9.17, 15) is 4.39 Å². The van der Waals surface area contributed by atoms with E-state index in [1.54, 1.807) is 6.07 Å². The van der Waals surface area contributed by atoms with E-state index >= 15 is 0 Å². The van der Waals surface area contributed by atoms with Gasteiger partial charge < -0.3 is 24.6 Å². The molecule has 0 aromatic heterocycles. The first-order valence-corrected chi connectivity index (χ1v) is 11.6. The zero-order chi connectivity index (χ0) is 22.2. The second kappa shape index (κ2) is 13.0. The van der Waals surface area contributed by atoms with Gasteiger partial charge in [-0.1, -0.05) is 24.3 Å². The molecule has 0 radical (unpaired) electrons. The van der Waals surface area contributed by atoms with Crippen molar-refractivity contribution >= 4 is 35.6 Å². The highest BCUT2D eigenvalue weighted by Crippen LogP contribution is 2.22. The number of nitrogens with zero attached hydrogens (tertiary/aromatic N) is 3. The number of nitrogens with one attached hydrogen (secondary N) is 1. The van der Waals surface area contributed by atoms with E-state index in [0.29, 0.717) is 25.4 Å². The Morgan fingerprint density at radius 1 is 1.09 bits per heavy atom. The van der Waals surface area contributed by atoms with Crippen molar-refractivity contribution in [3.8, 4) is 5.75 Å². The van der Waals surface area contributed by atoms with Crippen LogP contribution in [0, 0.1) is 5.82 Å². The molecule has 180 valence electrons. The number of rotatable bonds is 6. The van der Waals surface area contributed by atoms with Crippen LogP contribution in [0.5, 0.6) is 5.75 Å². The fourth-order valence-corrected chi connectivity index (χ4v) is 4.18. The van der Waals surface area contributed by atoms with Crippen molar-refractivity contribution in [2.24, 2.45) is 4.99 Å². The second-order valence-electron chi connectivity index (χ2n) is 8.17. The molecule has 0 saturated carbocycles. The quantitative estimate of drug-likeness (QED) is 0.320. The summed E-state index contributed by atoms with van der Waals surface area (Å²) in [6.45, 7) is 7.81.